The van der Waals surface area contributed by atoms with Gasteiger partial charge in [-0.3, -0.25) is 0 Å². The van der Waals surface area contributed by atoms with Crippen LogP contribution in [0, 0.1) is 17.8 Å². The van der Waals surface area contributed by atoms with Crippen molar-refractivity contribution < 1.29 is 0 Å². The van der Waals surface area contributed by atoms with E-state index in [0.717, 1.165) is 17.8 Å². The van der Waals surface area contributed by atoms with Gasteiger partial charge in [0, 0.05) is 0 Å². The van der Waals surface area contributed by atoms with Gasteiger partial charge in [0.2, 0.25) is 0 Å². The van der Waals surface area contributed by atoms with Crippen molar-refractivity contribution in [3.05, 3.63) is 12.2 Å². The van der Waals surface area contributed by atoms with Crippen LogP contribution in [0.15, 0.2) is 12.2 Å². The van der Waals surface area contributed by atoms with Crippen molar-refractivity contribution >= 4 is 0 Å². The molecule has 0 aromatic carbocycles. The Labute approximate surface area is 58.0 Å². The summed E-state index contributed by atoms with van der Waals surface area (Å²) in [6.07, 6.45) is 6.02. The topological polar surface area (TPSA) is 0 Å². The van der Waals surface area contributed by atoms with Crippen LogP contribution >= 0.6 is 0 Å². The molecule has 0 nitrogen and oxygen atoms in total. The smallest absolute Gasteiger partial charge is 0.0228 e. The van der Waals surface area contributed by atoms with Gasteiger partial charge in [-0.25, -0.2) is 0 Å². The molecule has 9 heavy (non-hydrogen) atoms. The molecule has 0 saturated heterocycles. The maximum absolute atomic E-state index is 2.35. The summed E-state index contributed by atoms with van der Waals surface area (Å²) in [6.45, 7) is 6.91. The van der Waals surface area contributed by atoms with Crippen LogP contribution in [0.1, 0.15) is 27.2 Å². The molecule has 0 heteroatoms. The summed E-state index contributed by atoms with van der Waals surface area (Å²) in [5, 5.41) is 0. The van der Waals surface area contributed by atoms with Gasteiger partial charge in [0.1, 0.15) is 0 Å². The lowest BCUT2D eigenvalue weighted by atomic mass is 9.88. The van der Waals surface area contributed by atoms with Crippen molar-refractivity contribution in [2.24, 2.45) is 17.8 Å². The summed E-state index contributed by atoms with van der Waals surface area (Å²) in [6, 6.07) is 0. The Morgan fingerprint density at radius 3 is 1.78 bits per heavy atom. The fraction of sp³-hybridized carbons (Fsp3) is 0.778. The molecular formula is C9H16. The van der Waals surface area contributed by atoms with E-state index < -0.39 is 0 Å². The molecule has 0 radical (unpaired) electrons. The van der Waals surface area contributed by atoms with E-state index in [0.29, 0.717) is 0 Å². The van der Waals surface area contributed by atoms with Crippen molar-refractivity contribution in [2.75, 3.05) is 0 Å². The van der Waals surface area contributed by atoms with Gasteiger partial charge in [-0.2, -0.15) is 0 Å². The highest BCUT2D eigenvalue weighted by atomic mass is 14.3. The highest BCUT2D eigenvalue weighted by molar-refractivity contribution is 5.03. The van der Waals surface area contributed by atoms with Crippen LogP contribution in [0.3, 0.4) is 0 Å². The minimum atomic E-state index is 0.824. The van der Waals surface area contributed by atoms with Crippen LogP contribution in [0.5, 0.6) is 0 Å². The summed E-state index contributed by atoms with van der Waals surface area (Å²) in [5.41, 5.74) is 0. The van der Waals surface area contributed by atoms with Crippen LogP contribution in [0.2, 0.25) is 0 Å². The zero-order chi connectivity index (χ0) is 6.85. The maximum atomic E-state index is 2.35. The second kappa shape index (κ2) is 2.55. The Kier molecular flexibility index (Phi) is 1.94. The van der Waals surface area contributed by atoms with E-state index in [9.17, 15) is 0 Å². The fourth-order valence-corrected chi connectivity index (χ4v) is 1.86. The molecule has 0 aliphatic heterocycles. The number of rotatable bonds is 1. The average Bonchev–Trinajstić information content (AvgIpc) is 2.12. The number of allylic oxidation sites excluding steroid dienone is 2. The maximum Gasteiger partial charge on any atom is -0.0228 e. The summed E-state index contributed by atoms with van der Waals surface area (Å²) < 4.78 is 0. The summed E-state index contributed by atoms with van der Waals surface area (Å²) >= 11 is 0. The zero-order valence-corrected chi connectivity index (χ0v) is 6.59. The minimum absolute atomic E-state index is 0.824. The first-order valence-electron chi connectivity index (χ1n) is 3.94. The van der Waals surface area contributed by atoms with Crippen molar-refractivity contribution in [3.8, 4) is 0 Å². The molecule has 0 saturated carbocycles. The van der Waals surface area contributed by atoms with Gasteiger partial charge >= 0.3 is 0 Å². The first-order chi connectivity index (χ1) is 4.25. The molecule has 0 amide bonds. The van der Waals surface area contributed by atoms with Gasteiger partial charge < -0.3 is 0 Å². The quantitative estimate of drug-likeness (QED) is 0.471. The van der Waals surface area contributed by atoms with E-state index >= 15 is 0 Å². The predicted molar refractivity (Wildman–Crippen MR) is 41.2 cm³/mol. The van der Waals surface area contributed by atoms with Crippen molar-refractivity contribution in [2.45, 2.75) is 27.2 Å². The third kappa shape index (κ3) is 1.17. The van der Waals surface area contributed by atoms with Crippen LogP contribution in [-0.2, 0) is 0 Å². The van der Waals surface area contributed by atoms with E-state index in [2.05, 4.69) is 32.9 Å². The molecule has 0 N–H and O–H groups in total. The highest BCUT2D eigenvalue weighted by Gasteiger charge is 2.22. The SMILES string of the molecule is CCC1C(C)C=CC1C. The van der Waals surface area contributed by atoms with E-state index in [1.54, 1.807) is 0 Å². The lowest BCUT2D eigenvalue weighted by molar-refractivity contribution is 0.358. The molecule has 0 spiro atoms. The van der Waals surface area contributed by atoms with Crippen molar-refractivity contribution in [1.82, 2.24) is 0 Å². The molecule has 1 rings (SSSR count). The normalized spacial score (nSPS) is 41.9. The van der Waals surface area contributed by atoms with E-state index in [1.807, 2.05) is 0 Å². The molecular weight excluding hydrogens is 108 g/mol. The van der Waals surface area contributed by atoms with Gasteiger partial charge in [-0.15, -0.1) is 0 Å². The molecule has 0 aromatic rings. The molecule has 52 valence electrons. The van der Waals surface area contributed by atoms with Crippen LogP contribution in [0.25, 0.3) is 0 Å². The monoisotopic (exact) mass is 124 g/mol. The highest BCUT2D eigenvalue weighted by Crippen LogP contribution is 2.32. The van der Waals surface area contributed by atoms with Crippen LogP contribution in [-0.4, -0.2) is 0 Å². The predicted octanol–water partition coefficient (Wildman–Crippen LogP) is 2.85. The average molecular weight is 124 g/mol. The van der Waals surface area contributed by atoms with E-state index in [1.165, 1.54) is 6.42 Å². The van der Waals surface area contributed by atoms with Gasteiger partial charge in [-0.05, 0) is 17.8 Å². The van der Waals surface area contributed by atoms with Gasteiger partial charge in [0.25, 0.3) is 0 Å². The lowest BCUT2D eigenvalue weighted by Crippen LogP contribution is -2.09. The largest absolute Gasteiger partial charge is 0.0851 e. The first kappa shape index (κ1) is 6.85. The first-order valence-corrected chi connectivity index (χ1v) is 3.94. The Morgan fingerprint density at radius 1 is 1.11 bits per heavy atom. The summed E-state index contributed by atoms with van der Waals surface area (Å²) in [4.78, 5) is 0. The van der Waals surface area contributed by atoms with Crippen molar-refractivity contribution in [1.29, 1.82) is 0 Å². The standard InChI is InChI=1S/C9H16/c1-4-9-7(2)5-6-8(9)3/h5-9H,4H2,1-3H3. The second-order valence-electron chi connectivity index (χ2n) is 3.18. The Hall–Kier alpha value is -0.260. The van der Waals surface area contributed by atoms with E-state index in [-0.39, 0.29) is 0 Å². The summed E-state index contributed by atoms with van der Waals surface area (Å²) in [5.74, 6) is 2.57. The second-order valence-corrected chi connectivity index (χ2v) is 3.18. The summed E-state index contributed by atoms with van der Waals surface area (Å²) in [7, 11) is 0. The Bertz CT molecular complexity index is 101. The number of hydrogen-bond donors (Lipinski definition) is 0. The number of hydrogen-bond acceptors (Lipinski definition) is 0. The molecule has 2 atom stereocenters. The molecule has 0 fully saturated rings. The van der Waals surface area contributed by atoms with Gasteiger partial charge in [-0.1, -0.05) is 39.3 Å². The van der Waals surface area contributed by atoms with Crippen LogP contribution in [0.4, 0.5) is 0 Å². The minimum Gasteiger partial charge on any atom is -0.0851 e. The Balaban J connectivity index is 2.53. The van der Waals surface area contributed by atoms with Crippen LogP contribution < -0.4 is 0 Å². The molecule has 2 unspecified atom stereocenters. The molecule has 0 bridgehead atoms. The third-order valence-electron chi connectivity index (χ3n) is 2.54. The lowest BCUT2D eigenvalue weighted by Gasteiger charge is -2.17. The molecule has 0 heterocycles. The third-order valence-corrected chi connectivity index (χ3v) is 2.54. The fourth-order valence-electron chi connectivity index (χ4n) is 1.86. The molecule has 0 aromatic heterocycles. The zero-order valence-electron chi connectivity index (χ0n) is 6.59. The molecule has 1 aliphatic rings. The molecule has 1 aliphatic carbocycles. The Morgan fingerprint density at radius 2 is 1.56 bits per heavy atom. The van der Waals surface area contributed by atoms with E-state index in [4.69, 9.17) is 0 Å². The van der Waals surface area contributed by atoms with Gasteiger partial charge in [0.15, 0.2) is 0 Å². The van der Waals surface area contributed by atoms with Gasteiger partial charge in [0.05, 0.1) is 0 Å². The van der Waals surface area contributed by atoms with Crippen molar-refractivity contribution in [3.63, 3.8) is 0 Å².